The molecule has 2 rings (SSSR count). The van der Waals surface area contributed by atoms with Gasteiger partial charge in [-0.3, -0.25) is 35.9 Å². The molecule has 0 aliphatic heterocycles. The number of carbonyl (C=O) groups excluding carboxylic acids is 2. The molecular formula is C18H18N4O5S. The van der Waals surface area contributed by atoms with Crippen molar-refractivity contribution in [3.05, 3.63) is 69.8 Å². The molecule has 2 amide bonds. The molecule has 2 aromatic rings. The van der Waals surface area contributed by atoms with E-state index in [0.717, 1.165) is 6.07 Å². The monoisotopic (exact) mass is 402 g/mol. The Balaban J connectivity index is 1.96. The van der Waals surface area contributed by atoms with Gasteiger partial charge in [0.05, 0.1) is 16.6 Å². The molecule has 28 heavy (non-hydrogen) atoms. The molecule has 0 aliphatic rings. The summed E-state index contributed by atoms with van der Waals surface area (Å²) in [4.78, 5) is 34.6. The molecular weight excluding hydrogens is 384 g/mol. The molecule has 9 nitrogen and oxygen atoms in total. The number of hydrogen-bond acceptors (Lipinski definition) is 6. The summed E-state index contributed by atoms with van der Waals surface area (Å²) in [5.74, 6) is -0.763. The fourth-order valence-electron chi connectivity index (χ4n) is 2.16. The SMILES string of the molecule is CC(C)Oc1ccccc1C(=O)NC(=S)NNC(=O)c1cccc([N+](=O)[O-])c1. The van der Waals surface area contributed by atoms with Gasteiger partial charge in [-0.2, -0.15) is 0 Å². The van der Waals surface area contributed by atoms with Crippen LogP contribution in [0.25, 0.3) is 0 Å². The Labute approximate surface area is 166 Å². The van der Waals surface area contributed by atoms with Crippen LogP contribution in [0, 0.1) is 10.1 Å². The highest BCUT2D eigenvalue weighted by molar-refractivity contribution is 7.80. The van der Waals surface area contributed by atoms with Crippen molar-refractivity contribution >= 4 is 34.8 Å². The summed E-state index contributed by atoms with van der Waals surface area (Å²) in [7, 11) is 0. The van der Waals surface area contributed by atoms with E-state index in [-0.39, 0.29) is 28.0 Å². The van der Waals surface area contributed by atoms with E-state index in [2.05, 4.69) is 16.2 Å². The van der Waals surface area contributed by atoms with E-state index in [4.69, 9.17) is 17.0 Å². The molecule has 146 valence electrons. The van der Waals surface area contributed by atoms with E-state index in [1.807, 2.05) is 13.8 Å². The van der Waals surface area contributed by atoms with Gasteiger partial charge >= 0.3 is 0 Å². The summed E-state index contributed by atoms with van der Waals surface area (Å²) in [5.41, 5.74) is 4.78. The zero-order valence-corrected chi connectivity index (χ0v) is 15.9. The molecule has 10 heteroatoms. The highest BCUT2D eigenvalue weighted by Gasteiger charge is 2.15. The molecule has 0 bridgehead atoms. The Morgan fingerprint density at radius 3 is 2.46 bits per heavy atom. The molecule has 0 heterocycles. The first-order valence-corrected chi connectivity index (χ1v) is 8.60. The number of hydrazine groups is 1. The number of nitrogens with one attached hydrogen (secondary N) is 3. The third-order valence-electron chi connectivity index (χ3n) is 3.33. The van der Waals surface area contributed by atoms with Crippen molar-refractivity contribution in [2.75, 3.05) is 0 Å². The van der Waals surface area contributed by atoms with Gasteiger partial charge in [0.1, 0.15) is 5.75 Å². The first-order valence-electron chi connectivity index (χ1n) is 8.19. The molecule has 0 aromatic heterocycles. The average Bonchev–Trinajstić information content (AvgIpc) is 2.66. The van der Waals surface area contributed by atoms with Crippen LogP contribution in [0.4, 0.5) is 5.69 Å². The summed E-state index contributed by atoms with van der Waals surface area (Å²) in [6.07, 6.45) is -0.117. The van der Waals surface area contributed by atoms with Crippen LogP contribution >= 0.6 is 12.2 Å². The number of nitro groups is 1. The lowest BCUT2D eigenvalue weighted by molar-refractivity contribution is -0.384. The zero-order valence-electron chi connectivity index (χ0n) is 15.1. The average molecular weight is 402 g/mol. The number of nitro benzene ring substituents is 1. The second kappa shape index (κ2) is 9.42. The first kappa shape index (κ1) is 20.8. The van der Waals surface area contributed by atoms with E-state index in [9.17, 15) is 19.7 Å². The topological polar surface area (TPSA) is 123 Å². The molecule has 0 fully saturated rings. The number of benzene rings is 2. The van der Waals surface area contributed by atoms with Gasteiger partial charge in [0.2, 0.25) is 0 Å². The van der Waals surface area contributed by atoms with Gasteiger partial charge in [0, 0.05) is 17.7 Å². The van der Waals surface area contributed by atoms with Crippen molar-refractivity contribution in [2.45, 2.75) is 20.0 Å². The van der Waals surface area contributed by atoms with E-state index in [1.165, 1.54) is 18.2 Å². The van der Waals surface area contributed by atoms with Crippen LogP contribution in [-0.4, -0.2) is 28.0 Å². The smallest absolute Gasteiger partial charge is 0.270 e. The van der Waals surface area contributed by atoms with Gasteiger partial charge in [-0.25, -0.2) is 0 Å². The Hall–Kier alpha value is -3.53. The normalized spacial score (nSPS) is 10.1. The molecule has 0 saturated carbocycles. The lowest BCUT2D eigenvalue weighted by Crippen LogP contribution is -2.48. The predicted octanol–water partition coefficient (Wildman–Crippen LogP) is 2.33. The third-order valence-corrected chi connectivity index (χ3v) is 3.53. The molecule has 3 N–H and O–H groups in total. The summed E-state index contributed by atoms with van der Waals surface area (Å²) in [6.45, 7) is 3.68. The van der Waals surface area contributed by atoms with Gasteiger partial charge in [0.25, 0.3) is 17.5 Å². The van der Waals surface area contributed by atoms with Gasteiger partial charge < -0.3 is 4.74 Å². The third kappa shape index (κ3) is 5.74. The minimum atomic E-state index is -0.649. The molecule has 0 radical (unpaired) electrons. The van der Waals surface area contributed by atoms with Crippen molar-refractivity contribution < 1.29 is 19.2 Å². The summed E-state index contributed by atoms with van der Waals surface area (Å²) in [5, 5.41) is 13.0. The van der Waals surface area contributed by atoms with Gasteiger partial charge in [-0.15, -0.1) is 0 Å². The van der Waals surface area contributed by atoms with E-state index >= 15 is 0 Å². The summed E-state index contributed by atoms with van der Waals surface area (Å²) < 4.78 is 5.59. The predicted molar refractivity (Wildman–Crippen MR) is 106 cm³/mol. The number of amides is 2. The van der Waals surface area contributed by atoms with Crippen molar-refractivity contribution in [3.63, 3.8) is 0 Å². The second-order valence-corrected chi connectivity index (χ2v) is 6.24. The van der Waals surface area contributed by atoms with E-state index < -0.39 is 16.7 Å². The summed E-state index contributed by atoms with van der Waals surface area (Å²) >= 11 is 4.99. The highest BCUT2D eigenvalue weighted by Crippen LogP contribution is 2.19. The van der Waals surface area contributed by atoms with Crippen molar-refractivity contribution in [1.82, 2.24) is 16.2 Å². The van der Waals surface area contributed by atoms with Crippen molar-refractivity contribution in [3.8, 4) is 5.75 Å². The molecule has 0 spiro atoms. The maximum atomic E-state index is 12.4. The summed E-state index contributed by atoms with van der Waals surface area (Å²) in [6, 6.07) is 11.9. The molecule has 0 atom stereocenters. The molecule has 0 saturated heterocycles. The Morgan fingerprint density at radius 2 is 1.79 bits per heavy atom. The van der Waals surface area contributed by atoms with Gasteiger partial charge in [0.15, 0.2) is 5.11 Å². The quantitative estimate of drug-likeness (QED) is 0.398. The number of rotatable bonds is 5. The number of nitrogens with zero attached hydrogens (tertiary/aromatic N) is 1. The first-order chi connectivity index (χ1) is 13.3. The molecule has 0 unspecified atom stereocenters. The highest BCUT2D eigenvalue weighted by atomic mass is 32.1. The van der Waals surface area contributed by atoms with Gasteiger partial charge in [-0.1, -0.05) is 18.2 Å². The second-order valence-electron chi connectivity index (χ2n) is 5.83. The van der Waals surface area contributed by atoms with Crippen LogP contribution in [0.2, 0.25) is 0 Å². The van der Waals surface area contributed by atoms with Crippen LogP contribution in [0.5, 0.6) is 5.75 Å². The Morgan fingerprint density at radius 1 is 1.07 bits per heavy atom. The minimum Gasteiger partial charge on any atom is -0.490 e. The Bertz CT molecular complexity index is 916. The van der Waals surface area contributed by atoms with Crippen LogP contribution in [0.15, 0.2) is 48.5 Å². The zero-order chi connectivity index (χ0) is 20.7. The standard InChI is InChI=1S/C18H18N4O5S/c1-11(2)27-15-9-4-3-8-14(15)17(24)19-18(28)21-20-16(23)12-6-5-7-13(10-12)22(25)26/h3-11H,1-2H3,(H,20,23)(H2,19,21,24,28). The fourth-order valence-corrected chi connectivity index (χ4v) is 2.30. The molecule has 0 aliphatic carbocycles. The van der Waals surface area contributed by atoms with Crippen molar-refractivity contribution in [2.24, 2.45) is 0 Å². The number of ether oxygens (including phenoxy) is 1. The largest absolute Gasteiger partial charge is 0.490 e. The van der Waals surface area contributed by atoms with Crippen LogP contribution in [0.1, 0.15) is 34.6 Å². The number of para-hydroxylation sites is 1. The number of hydrogen-bond donors (Lipinski definition) is 3. The minimum absolute atomic E-state index is 0.0616. The van der Waals surface area contributed by atoms with Crippen molar-refractivity contribution in [1.29, 1.82) is 0 Å². The van der Waals surface area contributed by atoms with Crippen LogP contribution in [-0.2, 0) is 0 Å². The van der Waals surface area contributed by atoms with E-state index in [1.54, 1.807) is 24.3 Å². The number of thiocarbonyl (C=S) groups is 1. The lowest BCUT2D eigenvalue weighted by Gasteiger charge is -2.15. The maximum Gasteiger partial charge on any atom is 0.270 e. The maximum absolute atomic E-state index is 12.4. The molecule has 2 aromatic carbocycles. The number of non-ortho nitro benzene ring substituents is 1. The van der Waals surface area contributed by atoms with Crippen LogP contribution in [0.3, 0.4) is 0 Å². The lowest BCUT2D eigenvalue weighted by atomic mass is 10.2. The van der Waals surface area contributed by atoms with E-state index in [0.29, 0.717) is 5.75 Å². The van der Waals surface area contributed by atoms with Gasteiger partial charge in [-0.05, 0) is 44.3 Å². The fraction of sp³-hybridized carbons (Fsp3) is 0.167. The van der Waals surface area contributed by atoms with Crippen LogP contribution < -0.4 is 20.9 Å². The Kier molecular flexibility index (Phi) is 6.99. The number of carbonyl (C=O) groups is 2.